The highest BCUT2D eigenvalue weighted by atomic mass is 16.5. The number of nitrogens with two attached hydrogens (primary N) is 1. The molecule has 6 nitrogen and oxygen atoms in total. The Hall–Kier alpha value is -1.14. The predicted molar refractivity (Wildman–Crippen MR) is 68.2 cm³/mol. The number of carbonyl (C=O) groups is 2. The number of esters is 1. The SMILES string of the molecule is CC(=O)O.COC(=O)CN(C)C1CCC(N)CC1. The maximum absolute atomic E-state index is 11.0. The number of aliphatic carboxylic acids is 1. The number of hydrogen-bond acceptors (Lipinski definition) is 5. The van der Waals surface area contributed by atoms with E-state index in [0.717, 1.165) is 32.6 Å². The van der Waals surface area contributed by atoms with Crippen molar-refractivity contribution in [2.24, 2.45) is 5.73 Å². The summed E-state index contributed by atoms with van der Waals surface area (Å²) in [5, 5.41) is 7.42. The summed E-state index contributed by atoms with van der Waals surface area (Å²) in [6.07, 6.45) is 4.32. The van der Waals surface area contributed by atoms with E-state index in [0.29, 0.717) is 18.6 Å². The minimum Gasteiger partial charge on any atom is -0.481 e. The highest BCUT2D eigenvalue weighted by Crippen LogP contribution is 2.20. The van der Waals surface area contributed by atoms with Crippen LogP contribution in [0.5, 0.6) is 0 Å². The lowest BCUT2D eigenvalue weighted by Gasteiger charge is -2.32. The molecule has 0 saturated heterocycles. The molecule has 0 aromatic heterocycles. The van der Waals surface area contributed by atoms with Crippen molar-refractivity contribution in [2.45, 2.75) is 44.7 Å². The first-order chi connectivity index (χ1) is 8.36. The van der Waals surface area contributed by atoms with Crippen LogP contribution in [0.25, 0.3) is 0 Å². The third-order valence-electron chi connectivity index (χ3n) is 2.97. The van der Waals surface area contributed by atoms with Gasteiger partial charge in [0.2, 0.25) is 0 Å². The smallest absolute Gasteiger partial charge is 0.319 e. The summed E-state index contributed by atoms with van der Waals surface area (Å²) in [7, 11) is 3.39. The van der Waals surface area contributed by atoms with Crippen molar-refractivity contribution in [1.29, 1.82) is 0 Å². The zero-order chi connectivity index (χ0) is 14.1. The maximum atomic E-state index is 11.0. The number of carboxylic acid groups (broad SMARTS) is 1. The molecule has 0 aliphatic heterocycles. The molecule has 6 heteroatoms. The van der Waals surface area contributed by atoms with Gasteiger partial charge >= 0.3 is 5.97 Å². The van der Waals surface area contributed by atoms with Crippen LogP contribution in [0.15, 0.2) is 0 Å². The number of likely N-dealkylation sites (N-methyl/N-ethyl adjacent to an activating group) is 1. The molecule has 1 saturated carbocycles. The van der Waals surface area contributed by atoms with E-state index >= 15 is 0 Å². The molecular formula is C12H24N2O4. The first kappa shape index (κ1) is 16.9. The molecule has 0 aromatic rings. The number of ether oxygens (including phenoxy) is 1. The van der Waals surface area contributed by atoms with Gasteiger partial charge in [0.1, 0.15) is 0 Å². The van der Waals surface area contributed by atoms with Gasteiger partial charge in [-0.2, -0.15) is 0 Å². The van der Waals surface area contributed by atoms with E-state index in [4.69, 9.17) is 15.6 Å². The Morgan fingerprint density at radius 2 is 1.78 bits per heavy atom. The lowest BCUT2D eigenvalue weighted by Crippen LogP contribution is -2.41. The molecule has 1 fully saturated rings. The van der Waals surface area contributed by atoms with Crippen molar-refractivity contribution in [2.75, 3.05) is 20.7 Å². The molecule has 0 amide bonds. The summed E-state index contributed by atoms with van der Waals surface area (Å²) in [6, 6.07) is 0.853. The molecule has 18 heavy (non-hydrogen) atoms. The first-order valence-corrected chi connectivity index (χ1v) is 6.09. The van der Waals surface area contributed by atoms with Crippen LogP contribution in [0.1, 0.15) is 32.6 Å². The summed E-state index contributed by atoms with van der Waals surface area (Å²) in [5.74, 6) is -0.998. The van der Waals surface area contributed by atoms with Gasteiger partial charge in [0, 0.05) is 19.0 Å². The van der Waals surface area contributed by atoms with Gasteiger partial charge < -0.3 is 15.6 Å². The highest BCUT2D eigenvalue weighted by Gasteiger charge is 2.23. The van der Waals surface area contributed by atoms with Crippen LogP contribution in [0.3, 0.4) is 0 Å². The Morgan fingerprint density at radius 1 is 1.33 bits per heavy atom. The molecule has 1 aliphatic carbocycles. The van der Waals surface area contributed by atoms with Gasteiger partial charge in [-0.25, -0.2) is 0 Å². The molecule has 0 heterocycles. The third-order valence-corrected chi connectivity index (χ3v) is 2.97. The van der Waals surface area contributed by atoms with Crippen molar-refractivity contribution >= 4 is 11.9 Å². The van der Waals surface area contributed by atoms with E-state index in [2.05, 4.69) is 9.64 Å². The van der Waals surface area contributed by atoms with E-state index < -0.39 is 5.97 Å². The normalized spacial score (nSPS) is 22.9. The number of rotatable bonds is 3. The average molecular weight is 260 g/mol. The fraction of sp³-hybridized carbons (Fsp3) is 0.833. The van der Waals surface area contributed by atoms with E-state index in [1.807, 2.05) is 7.05 Å². The second kappa shape index (κ2) is 8.88. The molecule has 106 valence electrons. The summed E-state index contributed by atoms with van der Waals surface area (Å²) in [4.78, 5) is 22.1. The third kappa shape index (κ3) is 8.03. The van der Waals surface area contributed by atoms with Gasteiger partial charge in [-0.3, -0.25) is 14.5 Å². The van der Waals surface area contributed by atoms with Gasteiger partial charge in [0.05, 0.1) is 13.7 Å². The fourth-order valence-corrected chi connectivity index (χ4v) is 1.94. The molecule has 1 aliphatic rings. The second-order valence-corrected chi connectivity index (χ2v) is 4.58. The van der Waals surface area contributed by atoms with Crippen molar-refractivity contribution in [1.82, 2.24) is 4.90 Å². The number of carboxylic acids is 1. The molecule has 0 bridgehead atoms. The maximum Gasteiger partial charge on any atom is 0.319 e. The molecule has 0 spiro atoms. The fourth-order valence-electron chi connectivity index (χ4n) is 1.94. The first-order valence-electron chi connectivity index (χ1n) is 6.09. The topological polar surface area (TPSA) is 92.9 Å². The van der Waals surface area contributed by atoms with Crippen molar-refractivity contribution in [3.05, 3.63) is 0 Å². The Morgan fingerprint density at radius 3 is 2.17 bits per heavy atom. The Labute approximate surface area is 108 Å². The molecular weight excluding hydrogens is 236 g/mol. The summed E-state index contributed by atoms with van der Waals surface area (Å²) >= 11 is 0. The Bertz CT molecular complexity index is 259. The van der Waals surface area contributed by atoms with Crippen molar-refractivity contribution in [3.8, 4) is 0 Å². The standard InChI is InChI=1S/C10H20N2O2.C2H4O2/c1-12(7-10(13)14-2)9-5-3-8(11)4-6-9;1-2(3)4/h8-9H,3-7,11H2,1-2H3;1H3,(H,3,4). The monoisotopic (exact) mass is 260 g/mol. The van der Waals surface area contributed by atoms with Gasteiger partial charge in [-0.05, 0) is 32.7 Å². The number of nitrogens with zero attached hydrogens (tertiary/aromatic N) is 1. The van der Waals surface area contributed by atoms with Gasteiger partial charge in [-0.1, -0.05) is 0 Å². The summed E-state index contributed by atoms with van der Waals surface area (Å²) in [6.45, 7) is 1.47. The molecule has 0 radical (unpaired) electrons. The molecule has 1 rings (SSSR count). The van der Waals surface area contributed by atoms with Gasteiger partial charge in [-0.15, -0.1) is 0 Å². The molecule has 0 atom stereocenters. The highest BCUT2D eigenvalue weighted by molar-refractivity contribution is 5.71. The Balaban J connectivity index is 0.000000631. The van der Waals surface area contributed by atoms with Crippen molar-refractivity contribution < 1.29 is 19.4 Å². The average Bonchev–Trinajstić information content (AvgIpc) is 2.28. The van der Waals surface area contributed by atoms with Gasteiger partial charge in [0.25, 0.3) is 5.97 Å². The number of carbonyl (C=O) groups excluding carboxylic acids is 1. The molecule has 0 unspecified atom stereocenters. The van der Waals surface area contributed by atoms with Crippen LogP contribution in [0, 0.1) is 0 Å². The summed E-state index contributed by atoms with van der Waals surface area (Å²) in [5.41, 5.74) is 5.81. The summed E-state index contributed by atoms with van der Waals surface area (Å²) < 4.78 is 4.63. The zero-order valence-corrected chi connectivity index (χ0v) is 11.4. The molecule has 3 N–H and O–H groups in total. The van der Waals surface area contributed by atoms with Crippen molar-refractivity contribution in [3.63, 3.8) is 0 Å². The van der Waals surface area contributed by atoms with Crippen LogP contribution in [-0.4, -0.2) is 54.7 Å². The zero-order valence-electron chi connectivity index (χ0n) is 11.4. The van der Waals surface area contributed by atoms with E-state index in [1.165, 1.54) is 7.11 Å². The van der Waals surface area contributed by atoms with E-state index in [-0.39, 0.29) is 5.97 Å². The van der Waals surface area contributed by atoms with Crippen LogP contribution >= 0.6 is 0 Å². The van der Waals surface area contributed by atoms with E-state index in [9.17, 15) is 4.79 Å². The van der Waals surface area contributed by atoms with Gasteiger partial charge in [0.15, 0.2) is 0 Å². The van der Waals surface area contributed by atoms with E-state index in [1.54, 1.807) is 0 Å². The lowest BCUT2D eigenvalue weighted by atomic mass is 9.91. The minimum absolute atomic E-state index is 0.164. The van der Waals surface area contributed by atoms with Crippen LogP contribution in [-0.2, 0) is 14.3 Å². The lowest BCUT2D eigenvalue weighted by molar-refractivity contribution is -0.142. The van der Waals surface area contributed by atoms with Crippen LogP contribution in [0.2, 0.25) is 0 Å². The number of hydrogen-bond donors (Lipinski definition) is 2. The minimum atomic E-state index is -0.833. The number of methoxy groups -OCH3 is 1. The predicted octanol–water partition coefficient (Wildman–Crippen LogP) is 0.452. The largest absolute Gasteiger partial charge is 0.481 e. The van der Waals surface area contributed by atoms with Crippen LogP contribution < -0.4 is 5.73 Å². The quantitative estimate of drug-likeness (QED) is 0.716. The second-order valence-electron chi connectivity index (χ2n) is 4.58. The van der Waals surface area contributed by atoms with Crippen LogP contribution in [0.4, 0.5) is 0 Å². The molecule has 0 aromatic carbocycles. The Kier molecular flexibility index (Phi) is 8.32.